The molecule has 1 aromatic carbocycles. The minimum absolute atomic E-state index is 0.209. The average molecular weight is 322 g/mol. The third-order valence-electron chi connectivity index (χ3n) is 3.59. The third-order valence-corrected chi connectivity index (χ3v) is 3.95. The van der Waals surface area contributed by atoms with E-state index in [1.165, 1.54) is 0 Å². The lowest BCUT2D eigenvalue weighted by Gasteiger charge is -2.10. The summed E-state index contributed by atoms with van der Waals surface area (Å²) < 4.78 is 15.3. The van der Waals surface area contributed by atoms with Crippen molar-refractivity contribution in [2.24, 2.45) is 5.16 Å². The van der Waals surface area contributed by atoms with Crippen molar-refractivity contribution in [3.05, 3.63) is 34.1 Å². The zero-order valence-electron chi connectivity index (χ0n) is 11.5. The Kier molecular flexibility index (Phi) is 3.34. The Bertz CT molecular complexity index is 744. The number of fused-ring (bicyclic) bond motifs is 2. The van der Waals surface area contributed by atoms with Crippen molar-refractivity contribution in [3.8, 4) is 11.5 Å². The summed E-state index contributed by atoms with van der Waals surface area (Å²) in [5.74, 6) is 1.31. The van der Waals surface area contributed by atoms with Crippen LogP contribution in [0, 0.1) is 0 Å². The van der Waals surface area contributed by atoms with E-state index in [-0.39, 0.29) is 13.4 Å². The third kappa shape index (κ3) is 2.37. The van der Waals surface area contributed by atoms with Crippen molar-refractivity contribution in [2.75, 3.05) is 6.79 Å². The van der Waals surface area contributed by atoms with Crippen LogP contribution in [0.5, 0.6) is 11.5 Å². The summed E-state index contributed by atoms with van der Waals surface area (Å²) in [7, 11) is 0. The molecule has 1 aliphatic carbocycles. The molecule has 2 aliphatic rings. The van der Waals surface area contributed by atoms with Gasteiger partial charge >= 0.3 is 0 Å². The van der Waals surface area contributed by atoms with Crippen molar-refractivity contribution >= 4 is 17.3 Å². The van der Waals surface area contributed by atoms with Gasteiger partial charge in [-0.3, -0.25) is 0 Å². The topological polar surface area (TPSA) is 79.0 Å². The molecule has 0 atom stereocenters. The van der Waals surface area contributed by atoms with Crippen molar-refractivity contribution in [1.29, 1.82) is 0 Å². The zero-order valence-corrected chi connectivity index (χ0v) is 12.3. The van der Waals surface area contributed by atoms with E-state index in [0.717, 1.165) is 36.2 Å². The molecule has 0 spiro atoms. The Labute approximate surface area is 130 Å². The monoisotopic (exact) mass is 321 g/mol. The summed E-state index contributed by atoms with van der Waals surface area (Å²) in [6.07, 6.45) is 2.59. The van der Waals surface area contributed by atoms with Crippen LogP contribution < -0.4 is 9.47 Å². The highest BCUT2D eigenvalue weighted by atomic mass is 35.5. The molecule has 0 amide bonds. The van der Waals surface area contributed by atoms with Crippen LogP contribution in [0.3, 0.4) is 0 Å². The number of ether oxygens (including phenoxy) is 2. The molecule has 1 aliphatic heterocycles. The second-order valence-corrected chi connectivity index (χ2v) is 5.43. The molecule has 0 unspecified atom stereocenters. The van der Waals surface area contributed by atoms with Crippen LogP contribution in [-0.4, -0.2) is 22.8 Å². The molecule has 0 bridgehead atoms. The lowest BCUT2D eigenvalue weighted by Crippen LogP contribution is -2.12. The van der Waals surface area contributed by atoms with Crippen LogP contribution in [0.25, 0.3) is 0 Å². The first kappa shape index (κ1) is 13.4. The Morgan fingerprint density at radius 1 is 1.18 bits per heavy atom. The van der Waals surface area contributed by atoms with Crippen LogP contribution >= 0.6 is 11.6 Å². The summed E-state index contributed by atoms with van der Waals surface area (Å²) in [5.41, 5.74) is 3.04. The Morgan fingerprint density at radius 2 is 2.05 bits per heavy atom. The quantitative estimate of drug-likeness (QED) is 0.809. The van der Waals surface area contributed by atoms with E-state index in [1.807, 2.05) is 0 Å². The molecule has 22 heavy (non-hydrogen) atoms. The van der Waals surface area contributed by atoms with E-state index in [0.29, 0.717) is 22.2 Å². The highest BCUT2D eigenvalue weighted by Gasteiger charge is 2.22. The van der Waals surface area contributed by atoms with Gasteiger partial charge in [0.05, 0.1) is 5.02 Å². The standard InChI is InChI=1S/C14H12ClN3O4/c15-9-5-13-12(19-7-20-13)4-8(9)6-21-16-10-2-1-3-11-14(10)18-22-17-11/h4-5H,1-3,6-7H2. The number of hydrogen-bond acceptors (Lipinski definition) is 7. The Balaban J connectivity index is 1.49. The van der Waals surface area contributed by atoms with Gasteiger partial charge in [0.2, 0.25) is 6.79 Å². The molecule has 7 nitrogen and oxygen atoms in total. The van der Waals surface area contributed by atoms with Crippen LogP contribution in [-0.2, 0) is 17.9 Å². The van der Waals surface area contributed by atoms with E-state index in [4.69, 9.17) is 30.5 Å². The minimum atomic E-state index is 0.209. The average Bonchev–Trinajstić information content (AvgIpc) is 3.16. The van der Waals surface area contributed by atoms with E-state index < -0.39 is 0 Å². The summed E-state index contributed by atoms with van der Waals surface area (Å²) in [6.45, 7) is 0.444. The summed E-state index contributed by atoms with van der Waals surface area (Å²) in [5, 5.41) is 12.4. The smallest absolute Gasteiger partial charge is 0.231 e. The molecule has 4 rings (SSSR count). The second kappa shape index (κ2) is 5.49. The lowest BCUT2D eigenvalue weighted by molar-refractivity contribution is 0.129. The van der Waals surface area contributed by atoms with Gasteiger partial charge in [-0.05, 0) is 30.5 Å². The highest BCUT2D eigenvalue weighted by molar-refractivity contribution is 6.31. The Morgan fingerprint density at radius 3 is 2.95 bits per heavy atom. The molecular formula is C14H12ClN3O4. The van der Waals surface area contributed by atoms with Gasteiger partial charge in [-0.15, -0.1) is 0 Å². The predicted molar refractivity (Wildman–Crippen MR) is 76.1 cm³/mol. The van der Waals surface area contributed by atoms with Crippen LogP contribution in [0.4, 0.5) is 0 Å². The van der Waals surface area contributed by atoms with Gasteiger partial charge in [-0.25, -0.2) is 4.63 Å². The van der Waals surface area contributed by atoms with E-state index in [1.54, 1.807) is 12.1 Å². The number of rotatable bonds is 3. The predicted octanol–water partition coefficient (Wildman–Crippen LogP) is 2.71. The molecule has 0 N–H and O–H groups in total. The summed E-state index contributed by atoms with van der Waals surface area (Å²) in [4.78, 5) is 5.42. The second-order valence-electron chi connectivity index (χ2n) is 5.02. The van der Waals surface area contributed by atoms with Crippen LogP contribution in [0.2, 0.25) is 5.02 Å². The van der Waals surface area contributed by atoms with E-state index in [2.05, 4.69) is 15.5 Å². The van der Waals surface area contributed by atoms with E-state index >= 15 is 0 Å². The van der Waals surface area contributed by atoms with Gasteiger partial charge in [0, 0.05) is 11.6 Å². The maximum Gasteiger partial charge on any atom is 0.231 e. The van der Waals surface area contributed by atoms with Crippen LogP contribution in [0.15, 0.2) is 21.9 Å². The van der Waals surface area contributed by atoms with Gasteiger partial charge in [0.1, 0.15) is 18.0 Å². The molecule has 114 valence electrons. The first-order valence-electron chi connectivity index (χ1n) is 6.90. The van der Waals surface area contributed by atoms with Crippen molar-refractivity contribution in [2.45, 2.75) is 25.9 Å². The number of benzene rings is 1. The molecule has 2 heterocycles. The first-order chi connectivity index (χ1) is 10.8. The molecule has 0 radical (unpaired) electrons. The summed E-state index contributed by atoms with van der Waals surface area (Å²) >= 11 is 6.19. The highest BCUT2D eigenvalue weighted by Crippen LogP contribution is 2.37. The maximum absolute atomic E-state index is 6.19. The van der Waals surface area contributed by atoms with Gasteiger partial charge < -0.3 is 14.3 Å². The maximum atomic E-state index is 6.19. The van der Waals surface area contributed by atoms with Crippen molar-refractivity contribution in [1.82, 2.24) is 10.3 Å². The van der Waals surface area contributed by atoms with E-state index in [9.17, 15) is 0 Å². The van der Waals surface area contributed by atoms with Crippen molar-refractivity contribution in [3.63, 3.8) is 0 Å². The SMILES string of the molecule is Clc1cc2c(cc1CON=C1CCCc3nonc31)OCO2. The minimum Gasteiger partial charge on any atom is -0.454 e. The van der Waals surface area contributed by atoms with Gasteiger partial charge in [0.15, 0.2) is 17.2 Å². The number of oxime groups is 1. The molecule has 0 saturated carbocycles. The number of halogens is 1. The fourth-order valence-corrected chi connectivity index (χ4v) is 2.68. The fourth-order valence-electron chi connectivity index (χ4n) is 2.47. The lowest BCUT2D eigenvalue weighted by atomic mass is 9.99. The van der Waals surface area contributed by atoms with Crippen molar-refractivity contribution < 1.29 is 18.9 Å². The molecule has 0 saturated heterocycles. The number of aromatic nitrogens is 2. The number of hydrogen-bond donors (Lipinski definition) is 0. The normalized spacial score (nSPS) is 17.6. The number of nitrogens with zero attached hydrogens (tertiary/aromatic N) is 3. The number of aryl methyl sites for hydroxylation is 1. The molecule has 1 aromatic heterocycles. The molecule has 2 aromatic rings. The molecule has 8 heteroatoms. The van der Waals surface area contributed by atoms with Gasteiger partial charge in [-0.1, -0.05) is 21.9 Å². The molecule has 0 fully saturated rings. The first-order valence-corrected chi connectivity index (χ1v) is 7.28. The zero-order chi connectivity index (χ0) is 14.9. The van der Waals surface area contributed by atoms with Gasteiger partial charge in [-0.2, -0.15) is 0 Å². The fraction of sp³-hybridized carbons (Fsp3) is 0.357. The molecular weight excluding hydrogens is 310 g/mol. The largest absolute Gasteiger partial charge is 0.454 e. The van der Waals surface area contributed by atoms with Gasteiger partial charge in [0.25, 0.3) is 0 Å². The Hall–Kier alpha value is -2.28. The van der Waals surface area contributed by atoms with Crippen LogP contribution in [0.1, 0.15) is 29.8 Å². The summed E-state index contributed by atoms with van der Waals surface area (Å²) in [6, 6.07) is 3.52.